The van der Waals surface area contributed by atoms with Crippen LogP contribution in [0.3, 0.4) is 0 Å². The van der Waals surface area contributed by atoms with Crippen molar-refractivity contribution in [3.63, 3.8) is 0 Å². The van der Waals surface area contributed by atoms with E-state index in [4.69, 9.17) is 0 Å². The van der Waals surface area contributed by atoms with Crippen molar-refractivity contribution in [2.45, 2.75) is 13.3 Å². The quantitative estimate of drug-likeness (QED) is 0.763. The molecule has 1 aromatic rings. The number of hydrogen-bond donors (Lipinski definition) is 1. The highest BCUT2D eigenvalue weighted by Gasteiger charge is 2.13. The molecule has 0 amide bonds. The van der Waals surface area contributed by atoms with Crippen molar-refractivity contribution in [1.82, 2.24) is 4.90 Å². The zero-order chi connectivity index (χ0) is 10.5. The maximum absolute atomic E-state index is 2.39. The maximum atomic E-state index is 2.39. The van der Waals surface area contributed by atoms with Gasteiger partial charge < -0.3 is 4.90 Å². The van der Waals surface area contributed by atoms with Crippen LogP contribution in [-0.4, -0.2) is 24.7 Å². The Morgan fingerprint density at radius 3 is 2.73 bits per heavy atom. The van der Waals surface area contributed by atoms with Gasteiger partial charge in [-0.15, -0.1) is 0 Å². The van der Waals surface area contributed by atoms with Gasteiger partial charge in [0.25, 0.3) is 0 Å². The maximum Gasteiger partial charge on any atom is 0.156 e. The summed E-state index contributed by atoms with van der Waals surface area (Å²) < 4.78 is 0. The summed E-state index contributed by atoms with van der Waals surface area (Å²) >= 11 is 0. The van der Waals surface area contributed by atoms with Gasteiger partial charge in [-0.25, -0.2) is 0 Å². The third kappa shape index (κ3) is 2.83. The number of nitrogens with one attached hydrogen (secondary N) is 1. The summed E-state index contributed by atoms with van der Waals surface area (Å²) in [7, 11) is 0. The number of hydrogen-bond acceptors (Lipinski definition) is 1. The Morgan fingerprint density at radius 1 is 1.27 bits per heavy atom. The lowest BCUT2D eigenvalue weighted by Gasteiger charge is -2.15. The molecule has 1 N–H and O–H groups in total. The van der Waals surface area contributed by atoms with Gasteiger partial charge in [0.1, 0.15) is 6.20 Å². The first-order valence-corrected chi connectivity index (χ1v) is 5.69. The molecular formula is C13H19N2+. The molecule has 0 radical (unpaired) electrons. The molecule has 1 aliphatic rings. The molecule has 1 heterocycles. The fourth-order valence-corrected chi connectivity index (χ4v) is 1.88. The molecule has 0 saturated heterocycles. The van der Waals surface area contributed by atoms with E-state index in [0.29, 0.717) is 0 Å². The first kappa shape index (κ1) is 10.2. The number of nitrogens with zero attached hydrogens (tertiary/aromatic N) is 1. The Kier molecular flexibility index (Phi) is 3.41. The Balaban J connectivity index is 1.78. The summed E-state index contributed by atoms with van der Waals surface area (Å²) in [6, 6.07) is 10.7. The van der Waals surface area contributed by atoms with E-state index >= 15 is 0 Å². The molecule has 1 aromatic carbocycles. The van der Waals surface area contributed by atoms with Crippen molar-refractivity contribution < 1.29 is 4.90 Å². The van der Waals surface area contributed by atoms with E-state index in [-0.39, 0.29) is 0 Å². The summed E-state index contributed by atoms with van der Waals surface area (Å²) in [6.45, 7) is 5.66. The van der Waals surface area contributed by atoms with Crippen LogP contribution in [0.2, 0.25) is 0 Å². The average Bonchev–Trinajstić information content (AvgIpc) is 2.76. The molecular weight excluding hydrogens is 184 g/mol. The van der Waals surface area contributed by atoms with Gasteiger partial charge in [-0.2, -0.15) is 0 Å². The predicted octanol–water partition coefficient (Wildman–Crippen LogP) is 0.878. The highest BCUT2D eigenvalue weighted by molar-refractivity contribution is 5.14. The van der Waals surface area contributed by atoms with E-state index < -0.39 is 0 Å². The number of benzene rings is 1. The number of rotatable bonds is 4. The molecule has 0 fully saturated rings. The summed E-state index contributed by atoms with van der Waals surface area (Å²) in [6.07, 6.45) is 5.62. The van der Waals surface area contributed by atoms with Gasteiger partial charge in [0.05, 0.1) is 12.7 Å². The highest BCUT2D eigenvalue weighted by Crippen LogP contribution is 2.01. The second-order valence-electron chi connectivity index (χ2n) is 4.03. The van der Waals surface area contributed by atoms with Crippen molar-refractivity contribution in [1.29, 1.82) is 0 Å². The van der Waals surface area contributed by atoms with E-state index in [9.17, 15) is 0 Å². The molecule has 2 rings (SSSR count). The lowest BCUT2D eigenvalue weighted by molar-refractivity contribution is -0.846. The van der Waals surface area contributed by atoms with Gasteiger partial charge in [0.2, 0.25) is 0 Å². The monoisotopic (exact) mass is 203 g/mol. The van der Waals surface area contributed by atoms with E-state index in [0.717, 1.165) is 19.6 Å². The van der Waals surface area contributed by atoms with Crippen LogP contribution >= 0.6 is 0 Å². The van der Waals surface area contributed by atoms with Crippen LogP contribution in [0.25, 0.3) is 0 Å². The highest BCUT2D eigenvalue weighted by atomic mass is 15.3. The summed E-state index contributed by atoms with van der Waals surface area (Å²) in [5, 5.41) is 0. The Hall–Kier alpha value is -1.28. The third-order valence-electron chi connectivity index (χ3n) is 2.91. The minimum absolute atomic E-state index is 1.13. The minimum atomic E-state index is 1.13. The van der Waals surface area contributed by atoms with E-state index in [1.165, 1.54) is 12.1 Å². The van der Waals surface area contributed by atoms with Gasteiger partial charge in [0, 0.05) is 6.54 Å². The normalized spacial score (nSPS) is 19.8. The van der Waals surface area contributed by atoms with Crippen molar-refractivity contribution in [3.8, 4) is 0 Å². The number of quaternary nitrogens is 1. The van der Waals surface area contributed by atoms with Gasteiger partial charge >= 0.3 is 0 Å². The van der Waals surface area contributed by atoms with E-state index in [1.807, 2.05) is 0 Å². The molecule has 0 saturated carbocycles. The molecule has 1 unspecified atom stereocenters. The van der Waals surface area contributed by atoms with Crippen LogP contribution in [-0.2, 0) is 6.42 Å². The molecule has 80 valence electrons. The predicted molar refractivity (Wildman–Crippen MR) is 62.4 cm³/mol. The van der Waals surface area contributed by atoms with Gasteiger partial charge in [-0.1, -0.05) is 30.3 Å². The van der Waals surface area contributed by atoms with Crippen LogP contribution in [0.1, 0.15) is 12.5 Å². The first-order valence-electron chi connectivity index (χ1n) is 5.69. The molecule has 2 heteroatoms. The molecule has 2 nitrogen and oxygen atoms in total. The molecule has 15 heavy (non-hydrogen) atoms. The molecule has 0 aliphatic carbocycles. The molecule has 1 aliphatic heterocycles. The smallest absolute Gasteiger partial charge is 0.156 e. The fourth-order valence-electron chi connectivity index (χ4n) is 1.88. The van der Waals surface area contributed by atoms with Gasteiger partial charge in [-0.3, -0.25) is 4.90 Å². The second kappa shape index (κ2) is 4.99. The van der Waals surface area contributed by atoms with Crippen molar-refractivity contribution in [3.05, 3.63) is 48.3 Å². The minimum Gasteiger partial charge on any atom is -0.326 e. The molecule has 0 aromatic heterocycles. The SMILES string of the molecule is CC[NH+]1C=CN(CCc2ccccc2)C1. The molecule has 0 bridgehead atoms. The van der Waals surface area contributed by atoms with Crippen molar-refractivity contribution in [2.75, 3.05) is 19.8 Å². The van der Waals surface area contributed by atoms with Crippen LogP contribution in [0.15, 0.2) is 42.7 Å². The Morgan fingerprint density at radius 2 is 2.07 bits per heavy atom. The van der Waals surface area contributed by atoms with Crippen LogP contribution in [0, 0.1) is 0 Å². The topological polar surface area (TPSA) is 7.68 Å². The van der Waals surface area contributed by atoms with E-state index in [2.05, 4.69) is 54.6 Å². The standard InChI is InChI=1S/C13H18N2/c1-2-14-10-11-15(12-14)9-8-13-6-4-3-5-7-13/h3-7,10-11H,2,8-9,12H2,1H3/p+1. The lowest BCUT2D eigenvalue weighted by atomic mass is 10.1. The van der Waals surface area contributed by atoms with Gasteiger partial charge in [0.15, 0.2) is 6.67 Å². The zero-order valence-electron chi connectivity index (χ0n) is 9.32. The van der Waals surface area contributed by atoms with Crippen LogP contribution in [0.4, 0.5) is 0 Å². The fraction of sp³-hybridized carbons (Fsp3) is 0.385. The molecule has 0 spiro atoms. The van der Waals surface area contributed by atoms with Crippen LogP contribution < -0.4 is 4.90 Å². The third-order valence-corrected chi connectivity index (χ3v) is 2.91. The van der Waals surface area contributed by atoms with Gasteiger partial charge in [-0.05, 0) is 18.9 Å². The first-order chi connectivity index (χ1) is 7.38. The lowest BCUT2D eigenvalue weighted by Crippen LogP contribution is -3.06. The van der Waals surface area contributed by atoms with Crippen LogP contribution in [0.5, 0.6) is 0 Å². The van der Waals surface area contributed by atoms with E-state index in [1.54, 1.807) is 4.90 Å². The zero-order valence-corrected chi connectivity index (χ0v) is 9.32. The Bertz CT molecular complexity index is 319. The summed E-state index contributed by atoms with van der Waals surface area (Å²) in [5.41, 5.74) is 1.43. The summed E-state index contributed by atoms with van der Waals surface area (Å²) in [5.74, 6) is 0. The Labute approximate surface area is 91.8 Å². The van der Waals surface area contributed by atoms with Crippen molar-refractivity contribution >= 4 is 0 Å². The largest absolute Gasteiger partial charge is 0.326 e. The second-order valence-corrected chi connectivity index (χ2v) is 4.03. The summed E-state index contributed by atoms with van der Waals surface area (Å²) in [4.78, 5) is 3.94. The average molecular weight is 203 g/mol. The van der Waals surface area contributed by atoms with Crippen molar-refractivity contribution in [2.24, 2.45) is 0 Å². The molecule has 1 atom stereocenters.